The first-order valence-corrected chi connectivity index (χ1v) is 6.43. The molecule has 2 unspecified atom stereocenters. The van der Waals surface area contributed by atoms with Crippen molar-refractivity contribution < 1.29 is 23.4 Å². The summed E-state index contributed by atoms with van der Waals surface area (Å²) in [7, 11) is 1.46. The molecule has 0 radical (unpaired) electrons. The topological polar surface area (TPSA) is 49.8 Å². The fraction of sp³-hybridized carbons (Fsp3) is 0.500. The number of halogens is 2. The van der Waals surface area contributed by atoms with Crippen LogP contribution in [-0.4, -0.2) is 48.8 Å². The quantitative estimate of drug-likeness (QED) is 0.897. The van der Waals surface area contributed by atoms with Gasteiger partial charge in [-0.1, -0.05) is 6.07 Å². The highest BCUT2D eigenvalue weighted by Crippen LogP contribution is 2.29. The number of ether oxygens (including phenoxy) is 1. The molecule has 0 bridgehead atoms. The summed E-state index contributed by atoms with van der Waals surface area (Å²) in [5.74, 6) is -2.65. The molecule has 1 heterocycles. The van der Waals surface area contributed by atoms with Gasteiger partial charge in [-0.3, -0.25) is 9.69 Å². The van der Waals surface area contributed by atoms with Crippen molar-refractivity contribution in [1.82, 2.24) is 4.90 Å². The van der Waals surface area contributed by atoms with Gasteiger partial charge < -0.3 is 9.84 Å². The molecule has 20 heavy (non-hydrogen) atoms. The minimum Gasteiger partial charge on any atom is -0.480 e. The lowest BCUT2D eigenvalue weighted by Crippen LogP contribution is -2.42. The summed E-state index contributed by atoms with van der Waals surface area (Å²) in [4.78, 5) is 13.0. The predicted octanol–water partition coefficient (Wildman–Crippen LogP) is 1.85. The minimum atomic E-state index is -0.933. The lowest BCUT2D eigenvalue weighted by atomic mass is 9.98. The Morgan fingerprint density at radius 2 is 2.25 bits per heavy atom. The van der Waals surface area contributed by atoms with Crippen LogP contribution in [0.5, 0.6) is 0 Å². The van der Waals surface area contributed by atoms with E-state index < -0.39 is 23.6 Å². The SMILES string of the molecule is COCC(C(=O)O)N1CCC(c2ccc(F)c(F)c2)C1. The molecule has 1 aromatic carbocycles. The Kier molecular flexibility index (Phi) is 4.67. The van der Waals surface area contributed by atoms with Crippen molar-refractivity contribution in [1.29, 1.82) is 0 Å². The average Bonchev–Trinajstić information content (AvgIpc) is 2.88. The number of rotatable bonds is 5. The largest absolute Gasteiger partial charge is 0.480 e. The van der Waals surface area contributed by atoms with Gasteiger partial charge in [0.15, 0.2) is 11.6 Å². The zero-order valence-corrected chi connectivity index (χ0v) is 11.2. The van der Waals surface area contributed by atoms with Crippen molar-refractivity contribution in [3.05, 3.63) is 35.4 Å². The van der Waals surface area contributed by atoms with E-state index in [1.165, 1.54) is 13.2 Å². The van der Waals surface area contributed by atoms with Gasteiger partial charge in [0, 0.05) is 13.7 Å². The van der Waals surface area contributed by atoms with E-state index in [1.54, 1.807) is 11.0 Å². The molecule has 0 amide bonds. The van der Waals surface area contributed by atoms with Crippen LogP contribution in [0.1, 0.15) is 17.9 Å². The molecule has 1 aromatic rings. The number of likely N-dealkylation sites (tertiary alicyclic amines) is 1. The van der Waals surface area contributed by atoms with Crippen LogP contribution in [0.4, 0.5) is 8.78 Å². The van der Waals surface area contributed by atoms with Crippen molar-refractivity contribution in [3.8, 4) is 0 Å². The molecule has 1 aliphatic heterocycles. The number of benzene rings is 1. The Balaban J connectivity index is 2.07. The zero-order chi connectivity index (χ0) is 14.7. The third-order valence-electron chi connectivity index (χ3n) is 3.69. The number of aliphatic carboxylic acids is 1. The lowest BCUT2D eigenvalue weighted by Gasteiger charge is -2.23. The molecule has 0 spiro atoms. The highest BCUT2D eigenvalue weighted by atomic mass is 19.2. The Labute approximate surface area is 116 Å². The standard InChI is InChI=1S/C14H17F2NO3/c1-20-8-13(14(18)19)17-5-4-10(7-17)9-2-3-11(15)12(16)6-9/h2-3,6,10,13H,4-5,7-8H2,1H3,(H,18,19). The van der Waals surface area contributed by atoms with E-state index in [0.29, 0.717) is 18.7 Å². The third kappa shape index (κ3) is 3.13. The van der Waals surface area contributed by atoms with E-state index in [2.05, 4.69) is 0 Å². The van der Waals surface area contributed by atoms with Crippen LogP contribution >= 0.6 is 0 Å². The number of carboxylic acids is 1. The molecule has 1 fully saturated rings. The summed E-state index contributed by atoms with van der Waals surface area (Å²) in [6.45, 7) is 1.22. The van der Waals surface area contributed by atoms with Crippen LogP contribution in [0.2, 0.25) is 0 Å². The fourth-order valence-corrected chi connectivity index (χ4v) is 2.60. The molecule has 1 saturated heterocycles. The van der Waals surface area contributed by atoms with Crippen molar-refractivity contribution in [2.24, 2.45) is 0 Å². The summed E-state index contributed by atoms with van der Waals surface area (Å²) in [6, 6.07) is 3.15. The first-order chi connectivity index (χ1) is 9.52. The van der Waals surface area contributed by atoms with E-state index in [-0.39, 0.29) is 12.5 Å². The van der Waals surface area contributed by atoms with Crippen LogP contribution in [-0.2, 0) is 9.53 Å². The maximum atomic E-state index is 13.2. The molecule has 1 aliphatic rings. The Morgan fingerprint density at radius 1 is 1.50 bits per heavy atom. The maximum absolute atomic E-state index is 13.2. The molecular weight excluding hydrogens is 268 g/mol. The van der Waals surface area contributed by atoms with E-state index in [0.717, 1.165) is 12.5 Å². The number of hydrogen-bond donors (Lipinski definition) is 1. The van der Waals surface area contributed by atoms with Crippen molar-refractivity contribution in [2.75, 3.05) is 26.8 Å². The molecule has 0 saturated carbocycles. The summed E-state index contributed by atoms with van der Waals surface area (Å²) >= 11 is 0. The second kappa shape index (κ2) is 6.28. The zero-order valence-electron chi connectivity index (χ0n) is 11.2. The molecule has 4 nitrogen and oxygen atoms in total. The summed E-state index contributed by atoms with van der Waals surface area (Å²) in [5, 5.41) is 9.17. The Morgan fingerprint density at radius 3 is 2.85 bits per heavy atom. The molecule has 0 aliphatic carbocycles. The molecule has 2 atom stereocenters. The van der Waals surface area contributed by atoms with Gasteiger partial charge >= 0.3 is 5.97 Å². The highest BCUT2D eigenvalue weighted by molar-refractivity contribution is 5.73. The molecule has 2 rings (SSSR count). The number of carboxylic acid groups (broad SMARTS) is 1. The van der Waals surface area contributed by atoms with Gasteiger partial charge in [0.1, 0.15) is 6.04 Å². The molecular formula is C14H17F2NO3. The van der Waals surface area contributed by atoms with Gasteiger partial charge in [-0.05, 0) is 36.6 Å². The van der Waals surface area contributed by atoms with Crippen LogP contribution in [0.3, 0.4) is 0 Å². The summed E-state index contributed by atoms with van der Waals surface area (Å²) < 4.78 is 31.1. The fourth-order valence-electron chi connectivity index (χ4n) is 2.60. The first-order valence-electron chi connectivity index (χ1n) is 6.43. The first kappa shape index (κ1) is 14.9. The van der Waals surface area contributed by atoms with Crippen LogP contribution in [0.25, 0.3) is 0 Å². The third-order valence-corrected chi connectivity index (χ3v) is 3.69. The number of nitrogens with zero attached hydrogens (tertiary/aromatic N) is 1. The Bertz CT molecular complexity index is 495. The van der Waals surface area contributed by atoms with Crippen LogP contribution < -0.4 is 0 Å². The molecule has 1 N–H and O–H groups in total. The van der Waals surface area contributed by atoms with Crippen LogP contribution in [0, 0.1) is 11.6 Å². The van der Waals surface area contributed by atoms with E-state index in [4.69, 9.17) is 4.74 Å². The normalized spacial score (nSPS) is 21.1. The van der Waals surface area contributed by atoms with E-state index >= 15 is 0 Å². The highest BCUT2D eigenvalue weighted by Gasteiger charge is 2.33. The second-order valence-corrected chi connectivity index (χ2v) is 4.96. The monoisotopic (exact) mass is 285 g/mol. The van der Waals surface area contributed by atoms with Crippen molar-refractivity contribution >= 4 is 5.97 Å². The second-order valence-electron chi connectivity index (χ2n) is 4.96. The van der Waals surface area contributed by atoms with Gasteiger partial charge in [-0.2, -0.15) is 0 Å². The minimum absolute atomic E-state index is 0.0174. The Hall–Kier alpha value is -1.53. The number of methoxy groups -OCH3 is 1. The average molecular weight is 285 g/mol. The molecule has 0 aromatic heterocycles. The molecule has 110 valence electrons. The summed E-state index contributed by atoms with van der Waals surface area (Å²) in [6.07, 6.45) is 0.721. The van der Waals surface area contributed by atoms with E-state index in [1.807, 2.05) is 0 Å². The maximum Gasteiger partial charge on any atom is 0.323 e. The predicted molar refractivity (Wildman–Crippen MR) is 68.6 cm³/mol. The van der Waals surface area contributed by atoms with Gasteiger partial charge in [0.05, 0.1) is 6.61 Å². The van der Waals surface area contributed by atoms with Gasteiger partial charge in [-0.25, -0.2) is 8.78 Å². The van der Waals surface area contributed by atoms with Crippen molar-refractivity contribution in [3.63, 3.8) is 0 Å². The lowest BCUT2D eigenvalue weighted by molar-refractivity contribution is -0.144. The van der Waals surface area contributed by atoms with E-state index in [9.17, 15) is 18.7 Å². The number of carbonyl (C=O) groups is 1. The molecule has 6 heteroatoms. The van der Waals surface area contributed by atoms with Gasteiger partial charge in [-0.15, -0.1) is 0 Å². The van der Waals surface area contributed by atoms with Crippen LogP contribution in [0.15, 0.2) is 18.2 Å². The number of hydrogen-bond acceptors (Lipinski definition) is 3. The van der Waals surface area contributed by atoms with Crippen molar-refractivity contribution in [2.45, 2.75) is 18.4 Å². The van der Waals surface area contributed by atoms with Gasteiger partial charge in [0.25, 0.3) is 0 Å². The van der Waals surface area contributed by atoms with Gasteiger partial charge in [0.2, 0.25) is 0 Å². The summed E-state index contributed by atoms with van der Waals surface area (Å²) in [5.41, 5.74) is 0.702. The smallest absolute Gasteiger partial charge is 0.323 e.